The second-order valence-corrected chi connectivity index (χ2v) is 11.7. The van der Waals surface area contributed by atoms with Gasteiger partial charge in [0.2, 0.25) is 5.13 Å². The first-order valence-electron chi connectivity index (χ1n) is 11.4. The average molecular weight is 625 g/mol. The number of carbonyl (C=O) groups excluding carboxylic acids is 2. The van der Waals surface area contributed by atoms with Crippen LogP contribution in [0.25, 0.3) is 6.08 Å². The van der Waals surface area contributed by atoms with Crippen molar-refractivity contribution in [1.29, 1.82) is 0 Å². The van der Waals surface area contributed by atoms with Crippen molar-refractivity contribution in [2.45, 2.75) is 16.1 Å². The number of carbonyl (C=O) groups is 2. The first-order chi connectivity index (χ1) is 18.4. The first kappa shape index (κ1) is 26.4. The highest BCUT2D eigenvalue weighted by atomic mass is 79.9. The van der Waals surface area contributed by atoms with E-state index in [1.165, 1.54) is 34.1 Å². The van der Waals surface area contributed by atoms with Gasteiger partial charge in [-0.3, -0.25) is 14.5 Å². The number of amides is 1. The zero-order valence-corrected chi connectivity index (χ0v) is 23.6. The number of hydrogen-bond donors (Lipinski definition) is 1. The van der Waals surface area contributed by atoms with Crippen molar-refractivity contribution in [2.75, 3.05) is 4.90 Å². The molecule has 0 saturated carbocycles. The molecule has 1 aromatic heterocycles. The Bertz CT molecular complexity index is 1570. The summed E-state index contributed by atoms with van der Waals surface area (Å²) in [5, 5.41) is 20.3. The van der Waals surface area contributed by atoms with Crippen molar-refractivity contribution in [3.05, 3.63) is 122 Å². The molecule has 6 nitrogen and oxygen atoms in total. The number of ketones is 1. The molecule has 0 bridgehead atoms. The van der Waals surface area contributed by atoms with E-state index in [2.05, 4.69) is 26.1 Å². The summed E-state index contributed by atoms with van der Waals surface area (Å²) in [7, 11) is 0. The van der Waals surface area contributed by atoms with Crippen LogP contribution in [0, 0.1) is 0 Å². The fourth-order valence-electron chi connectivity index (χ4n) is 3.99. The Morgan fingerprint density at radius 2 is 1.84 bits per heavy atom. The molecule has 1 aliphatic rings. The summed E-state index contributed by atoms with van der Waals surface area (Å²) in [6.07, 6.45) is 3.02. The van der Waals surface area contributed by atoms with Crippen LogP contribution in [0.3, 0.4) is 0 Å². The van der Waals surface area contributed by atoms with E-state index < -0.39 is 23.5 Å². The number of aliphatic hydroxyl groups is 1. The van der Waals surface area contributed by atoms with Crippen LogP contribution in [-0.2, 0) is 15.3 Å². The summed E-state index contributed by atoms with van der Waals surface area (Å²) >= 11 is 12.4. The SMILES string of the molecule is O=C(C=Cc1ccccc1)C1=C(O)C(=O)N(c2nnc(SCc3ccccc3Cl)s2)C1c1cccc(Br)c1. The maximum absolute atomic E-state index is 13.4. The monoisotopic (exact) mass is 623 g/mol. The molecule has 0 fully saturated rings. The Morgan fingerprint density at radius 3 is 2.61 bits per heavy atom. The normalized spacial score (nSPS) is 15.6. The van der Waals surface area contributed by atoms with Gasteiger partial charge in [-0.15, -0.1) is 10.2 Å². The smallest absolute Gasteiger partial charge is 0.296 e. The predicted molar refractivity (Wildman–Crippen MR) is 155 cm³/mol. The topological polar surface area (TPSA) is 83.4 Å². The van der Waals surface area contributed by atoms with Crippen LogP contribution in [0.4, 0.5) is 5.13 Å². The fourth-order valence-corrected chi connectivity index (χ4v) is 6.56. The van der Waals surface area contributed by atoms with E-state index in [9.17, 15) is 14.7 Å². The van der Waals surface area contributed by atoms with Crippen LogP contribution in [-0.4, -0.2) is 27.0 Å². The predicted octanol–water partition coefficient (Wildman–Crippen LogP) is 7.43. The van der Waals surface area contributed by atoms with Crippen molar-refractivity contribution < 1.29 is 14.7 Å². The minimum absolute atomic E-state index is 0.0132. The fraction of sp³-hybridized carbons (Fsp3) is 0.0714. The number of aromatic nitrogens is 2. The standard InChI is InChI=1S/C28H19BrClN3O3S2/c29-20-11-6-10-18(15-20)24-23(22(34)14-13-17-7-2-1-3-8-17)25(35)26(36)33(24)27-31-32-28(38-27)37-16-19-9-4-5-12-21(19)30/h1-15,24,35H,16H2. The summed E-state index contributed by atoms with van der Waals surface area (Å²) in [6.45, 7) is 0. The Morgan fingerprint density at radius 1 is 1.08 bits per heavy atom. The van der Waals surface area contributed by atoms with Gasteiger partial charge in [0.15, 0.2) is 15.9 Å². The molecule has 1 atom stereocenters. The van der Waals surface area contributed by atoms with Crippen LogP contribution in [0.1, 0.15) is 22.7 Å². The summed E-state index contributed by atoms with van der Waals surface area (Å²) in [6, 6.07) is 23.3. The quantitative estimate of drug-likeness (QED) is 0.125. The third-order valence-corrected chi connectivity index (χ3v) is 8.74. The Labute approximate surface area is 240 Å². The Kier molecular flexibility index (Phi) is 8.09. The number of nitrogens with zero attached hydrogens (tertiary/aromatic N) is 3. The van der Waals surface area contributed by atoms with Gasteiger partial charge in [0.1, 0.15) is 0 Å². The Hall–Kier alpha value is -3.24. The second-order valence-electron chi connectivity index (χ2n) is 8.23. The van der Waals surface area contributed by atoms with Gasteiger partial charge in [-0.05, 0) is 41.0 Å². The van der Waals surface area contributed by atoms with Gasteiger partial charge in [0.25, 0.3) is 5.91 Å². The van der Waals surface area contributed by atoms with E-state index in [-0.39, 0.29) is 10.7 Å². The molecular weight excluding hydrogens is 606 g/mol. The van der Waals surface area contributed by atoms with Gasteiger partial charge in [0, 0.05) is 15.2 Å². The highest BCUT2D eigenvalue weighted by Crippen LogP contribution is 2.43. The molecule has 38 heavy (non-hydrogen) atoms. The zero-order chi connectivity index (χ0) is 26.6. The molecule has 2 heterocycles. The number of allylic oxidation sites excluding steroid dienone is 1. The molecule has 1 unspecified atom stereocenters. The average Bonchev–Trinajstić information content (AvgIpc) is 3.49. The number of hydrogen-bond acceptors (Lipinski definition) is 7. The lowest BCUT2D eigenvalue weighted by molar-refractivity contribution is -0.117. The van der Waals surface area contributed by atoms with Crippen molar-refractivity contribution in [3.8, 4) is 0 Å². The van der Waals surface area contributed by atoms with Crippen LogP contribution in [0.5, 0.6) is 0 Å². The lowest BCUT2D eigenvalue weighted by atomic mass is 9.96. The number of rotatable bonds is 8. The van der Waals surface area contributed by atoms with Gasteiger partial charge in [-0.1, -0.05) is 117 Å². The zero-order valence-electron chi connectivity index (χ0n) is 19.6. The molecular formula is C28H19BrClN3O3S2. The minimum atomic E-state index is -0.873. The third-order valence-electron chi connectivity index (χ3n) is 5.78. The van der Waals surface area contributed by atoms with E-state index in [0.29, 0.717) is 20.7 Å². The lowest BCUT2D eigenvalue weighted by Crippen LogP contribution is -2.30. The van der Waals surface area contributed by atoms with E-state index in [4.69, 9.17) is 11.6 Å². The molecule has 1 aliphatic heterocycles. The maximum atomic E-state index is 13.4. The van der Waals surface area contributed by atoms with Crippen molar-refractivity contribution in [2.24, 2.45) is 0 Å². The van der Waals surface area contributed by atoms with Gasteiger partial charge < -0.3 is 5.11 Å². The summed E-state index contributed by atoms with van der Waals surface area (Å²) in [4.78, 5) is 28.0. The van der Waals surface area contributed by atoms with E-state index >= 15 is 0 Å². The molecule has 3 aromatic carbocycles. The Balaban J connectivity index is 1.47. The van der Waals surface area contributed by atoms with Crippen LogP contribution >= 0.6 is 50.6 Å². The summed E-state index contributed by atoms with van der Waals surface area (Å²) < 4.78 is 1.40. The molecule has 0 spiro atoms. The molecule has 1 N–H and O–H groups in total. The molecule has 0 saturated heterocycles. The van der Waals surface area contributed by atoms with Crippen molar-refractivity contribution in [1.82, 2.24) is 10.2 Å². The largest absolute Gasteiger partial charge is 0.503 e. The van der Waals surface area contributed by atoms with Crippen LogP contribution in [0.2, 0.25) is 5.02 Å². The molecule has 5 rings (SSSR count). The van der Waals surface area contributed by atoms with Gasteiger partial charge in [0.05, 0.1) is 11.6 Å². The van der Waals surface area contributed by atoms with Crippen molar-refractivity contribution in [3.63, 3.8) is 0 Å². The van der Waals surface area contributed by atoms with Gasteiger partial charge >= 0.3 is 0 Å². The summed E-state index contributed by atoms with van der Waals surface area (Å²) in [5.74, 6) is -1.19. The maximum Gasteiger partial charge on any atom is 0.296 e. The number of thioether (sulfide) groups is 1. The molecule has 0 radical (unpaired) electrons. The second kappa shape index (κ2) is 11.7. The third kappa shape index (κ3) is 5.61. The van der Waals surface area contributed by atoms with Crippen LogP contribution < -0.4 is 4.90 Å². The van der Waals surface area contributed by atoms with E-state index in [1.807, 2.05) is 72.8 Å². The minimum Gasteiger partial charge on any atom is -0.503 e. The molecule has 4 aromatic rings. The number of benzene rings is 3. The number of anilines is 1. The highest BCUT2D eigenvalue weighted by Gasteiger charge is 2.45. The van der Waals surface area contributed by atoms with Crippen LogP contribution in [0.15, 0.2) is 105 Å². The van der Waals surface area contributed by atoms with E-state index in [1.54, 1.807) is 12.1 Å². The molecule has 10 heteroatoms. The van der Waals surface area contributed by atoms with E-state index in [0.717, 1.165) is 15.6 Å². The number of halogens is 2. The summed E-state index contributed by atoms with van der Waals surface area (Å²) in [5.41, 5.74) is 2.41. The molecule has 190 valence electrons. The van der Waals surface area contributed by atoms with Gasteiger partial charge in [-0.2, -0.15) is 0 Å². The van der Waals surface area contributed by atoms with Gasteiger partial charge in [-0.25, -0.2) is 0 Å². The van der Waals surface area contributed by atoms with Crippen molar-refractivity contribution >= 4 is 73.5 Å². The highest BCUT2D eigenvalue weighted by molar-refractivity contribution is 9.10. The lowest BCUT2D eigenvalue weighted by Gasteiger charge is -2.23. The molecule has 1 amide bonds. The molecule has 0 aliphatic carbocycles. The first-order valence-corrected chi connectivity index (χ1v) is 14.4. The number of aliphatic hydroxyl groups excluding tert-OH is 1.